The van der Waals surface area contributed by atoms with Crippen molar-refractivity contribution < 1.29 is 0 Å². The van der Waals surface area contributed by atoms with E-state index in [1.165, 1.54) is 44.1 Å². The molecule has 0 amide bonds. The molecule has 0 aliphatic heterocycles. The van der Waals surface area contributed by atoms with E-state index in [4.69, 9.17) is 11.6 Å². The lowest BCUT2D eigenvalue weighted by atomic mass is 9.59. The molecule has 1 unspecified atom stereocenters. The normalized spacial score (nSPS) is 19.3. The van der Waals surface area contributed by atoms with Crippen LogP contribution in [0.5, 0.6) is 0 Å². The molecule has 1 aliphatic carbocycles. The van der Waals surface area contributed by atoms with Gasteiger partial charge >= 0.3 is 0 Å². The second-order valence-corrected chi connectivity index (χ2v) is 5.94. The van der Waals surface area contributed by atoms with Crippen molar-refractivity contribution >= 4 is 11.6 Å². The molecule has 0 aromatic heterocycles. The van der Waals surface area contributed by atoms with E-state index in [-0.39, 0.29) is 0 Å². The van der Waals surface area contributed by atoms with Crippen LogP contribution in [-0.4, -0.2) is 13.1 Å². The first-order valence-corrected chi connectivity index (χ1v) is 7.54. The number of halogens is 1. The van der Waals surface area contributed by atoms with Gasteiger partial charge in [-0.1, -0.05) is 49.9 Å². The first-order chi connectivity index (χ1) is 8.73. The number of likely N-dealkylation sites (N-methyl/N-ethyl adjacent to an activating group) is 1. The summed E-state index contributed by atoms with van der Waals surface area (Å²) in [7, 11) is 2.11. The van der Waals surface area contributed by atoms with E-state index in [0.29, 0.717) is 11.5 Å². The van der Waals surface area contributed by atoms with Crippen LogP contribution in [0.25, 0.3) is 0 Å². The molecule has 1 aromatic rings. The maximum Gasteiger partial charge on any atom is 0.0406 e. The maximum absolute atomic E-state index is 6.00. The third kappa shape index (κ3) is 2.57. The molecule has 2 rings (SSSR count). The second kappa shape index (κ2) is 6.08. The molecule has 1 atom stereocenters. The number of rotatable bonds is 6. The minimum absolute atomic E-state index is 0.356. The predicted octanol–water partition coefficient (Wildman–Crippen LogP) is 4.54. The van der Waals surface area contributed by atoms with Gasteiger partial charge in [0.05, 0.1) is 0 Å². The smallest absolute Gasteiger partial charge is 0.0406 e. The Morgan fingerprint density at radius 3 is 2.39 bits per heavy atom. The highest BCUT2D eigenvalue weighted by molar-refractivity contribution is 6.30. The third-order valence-electron chi connectivity index (χ3n) is 4.53. The number of hydrogen-bond donors (Lipinski definition) is 1. The van der Waals surface area contributed by atoms with Crippen LogP contribution in [0.1, 0.15) is 51.0 Å². The molecule has 0 saturated heterocycles. The molecule has 1 saturated carbocycles. The molecule has 1 N–H and O–H groups in total. The summed E-state index contributed by atoms with van der Waals surface area (Å²) in [5.74, 6) is 0. The molecule has 100 valence electrons. The van der Waals surface area contributed by atoms with Crippen LogP contribution in [0.4, 0.5) is 0 Å². The Bertz CT molecular complexity index is 367. The summed E-state index contributed by atoms with van der Waals surface area (Å²) in [6, 6.07) is 9.11. The first kappa shape index (κ1) is 13.9. The van der Waals surface area contributed by atoms with Crippen LogP contribution in [0, 0.1) is 0 Å². The highest BCUT2D eigenvalue weighted by atomic mass is 35.5. The number of unbranched alkanes of at least 4 members (excludes halogenated alkanes) is 1. The zero-order valence-electron chi connectivity index (χ0n) is 11.5. The lowest BCUT2D eigenvalue weighted by Crippen LogP contribution is -2.51. The number of hydrogen-bond acceptors (Lipinski definition) is 1. The Hall–Kier alpha value is -0.530. The van der Waals surface area contributed by atoms with Gasteiger partial charge in [-0.3, -0.25) is 0 Å². The van der Waals surface area contributed by atoms with Crippen LogP contribution in [0.15, 0.2) is 24.3 Å². The Balaban J connectivity index is 2.20. The molecule has 2 heteroatoms. The molecule has 1 aromatic carbocycles. The molecule has 18 heavy (non-hydrogen) atoms. The molecule has 0 radical (unpaired) electrons. The van der Waals surface area contributed by atoms with Crippen LogP contribution in [-0.2, 0) is 5.41 Å². The van der Waals surface area contributed by atoms with Gasteiger partial charge in [-0.15, -0.1) is 0 Å². The highest BCUT2D eigenvalue weighted by Crippen LogP contribution is 2.47. The predicted molar refractivity (Wildman–Crippen MR) is 79.4 cm³/mol. The lowest BCUT2D eigenvalue weighted by molar-refractivity contribution is 0.165. The quantitative estimate of drug-likeness (QED) is 0.796. The minimum Gasteiger partial charge on any atom is -0.316 e. The summed E-state index contributed by atoms with van der Waals surface area (Å²) in [5, 5.41) is 4.40. The van der Waals surface area contributed by atoms with E-state index in [9.17, 15) is 0 Å². The Morgan fingerprint density at radius 2 is 1.94 bits per heavy atom. The minimum atomic E-state index is 0.356. The summed E-state index contributed by atoms with van der Waals surface area (Å²) in [6.07, 6.45) is 7.83. The molecule has 0 spiro atoms. The molecular weight excluding hydrogens is 242 g/mol. The second-order valence-electron chi connectivity index (χ2n) is 5.50. The van der Waals surface area contributed by atoms with Crippen molar-refractivity contribution in [2.75, 3.05) is 7.05 Å². The fourth-order valence-electron chi connectivity index (χ4n) is 3.28. The first-order valence-electron chi connectivity index (χ1n) is 7.16. The lowest BCUT2D eigenvalue weighted by Gasteiger charge is -2.48. The Morgan fingerprint density at radius 1 is 1.28 bits per heavy atom. The zero-order chi connectivity index (χ0) is 13.0. The van der Waals surface area contributed by atoms with Crippen LogP contribution in [0.2, 0.25) is 5.02 Å². The molecule has 0 bridgehead atoms. The van der Waals surface area contributed by atoms with Gasteiger partial charge in [-0.05, 0) is 44.0 Å². The van der Waals surface area contributed by atoms with Crippen molar-refractivity contribution in [3.8, 4) is 0 Å². The Kier molecular flexibility index (Phi) is 4.69. The summed E-state index contributed by atoms with van der Waals surface area (Å²) < 4.78 is 0. The van der Waals surface area contributed by atoms with Gasteiger partial charge in [0.25, 0.3) is 0 Å². The summed E-state index contributed by atoms with van der Waals surface area (Å²) >= 11 is 6.00. The summed E-state index contributed by atoms with van der Waals surface area (Å²) in [4.78, 5) is 0. The van der Waals surface area contributed by atoms with E-state index < -0.39 is 0 Å². The monoisotopic (exact) mass is 265 g/mol. The average molecular weight is 266 g/mol. The van der Waals surface area contributed by atoms with Gasteiger partial charge in [-0.25, -0.2) is 0 Å². The maximum atomic E-state index is 6.00. The average Bonchev–Trinajstić information content (AvgIpc) is 2.34. The van der Waals surface area contributed by atoms with E-state index >= 15 is 0 Å². The van der Waals surface area contributed by atoms with Crippen LogP contribution in [0.3, 0.4) is 0 Å². The molecule has 1 fully saturated rings. The van der Waals surface area contributed by atoms with Crippen molar-refractivity contribution in [3.63, 3.8) is 0 Å². The van der Waals surface area contributed by atoms with Gasteiger partial charge < -0.3 is 5.32 Å². The van der Waals surface area contributed by atoms with Crippen LogP contribution < -0.4 is 5.32 Å². The number of benzene rings is 1. The third-order valence-corrected chi connectivity index (χ3v) is 4.78. The van der Waals surface area contributed by atoms with Gasteiger partial charge in [0.2, 0.25) is 0 Å². The van der Waals surface area contributed by atoms with Gasteiger partial charge in [0.15, 0.2) is 0 Å². The van der Waals surface area contributed by atoms with Gasteiger partial charge in [0, 0.05) is 16.5 Å². The van der Waals surface area contributed by atoms with Crippen molar-refractivity contribution in [3.05, 3.63) is 34.9 Å². The largest absolute Gasteiger partial charge is 0.316 e. The standard InChI is InChI=1S/C16H24ClN/c1-3-4-6-15(18-2)16(11-5-12-16)13-7-9-14(17)10-8-13/h7-10,15,18H,3-6,11-12H2,1-2H3. The SMILES string of the molecule is CCCCC(NC)C1(c2ccc(Cl)cc2)CCC1. The molecule has 1 nitrogen and oxygen atoms in total. The topological polar surface area (TPSA) is 12.0 Å². The van der Waals surface area contributed by atoms with Crippen molar-refractivity contribution in [1.29, 1.82) is 0 Å². The van der Waals surface area contributed by atoms with Gasteiger partial charge in [0.1, 0.15) is 0 Å². The van der Waals surface area contributed by atoms with Crippen LogP contribution >= 0.6 is 11.6 Å². The van der Waals surface area contributed by atoms with E-state index in [0.717, 1.165) is 5.02 Å². The summed E-state index contributed by atoms with van der Waals surface area (Å²) in [5.41, 5.74) is 1.82. The molecule has 0 heterocycles. The Labute approximate surface area is 116 Å². The fraction of sp³-hybridized carbons (Fsp3) is 0.625. The highest BCUT2D eigenvalue weighted by Gasteiger charge is 2.44. The molecule has 1 aliphatic rings. The van der Waals surface area contributed by atoms with E-state index in [1.54, 1.807) is 0 Å². The zero-order valence-corrected chi connectivity index (χ0v) is 12.3. The van der Waals surface area contributed by atoms with E-state index in [1.807, 2.05) is 12.1 Å². The fourth-order valence-corrected chi connectivity index (χ4v) is 3.41. The van der Waals surface area contributed by atoms with Crippen molar-refractivity contribution in [2.24, 2.45) is 0 Å². The summed E-state index contributed by atoms with van der Waals surface area (Å²) in [6.45, 7) is 2.27. The van der Waals surface area contributed by atoms with Gasteiger partial charge in [-0.2, -0.15) is 0 Å². The number of nitrogens with one attached hydrogen (secondary N) is 1. The van der Waals surface area contributed by atoms with E-state index in [2.05, 4.69) is 31.4 Å². The molecular formula is C16H24ClN. The van der Waals surface area contributed by atoms with Crippen molar-refractivity contribution in [2.45, 2.75) is 56.9 Å². The van der Waals surface area contributed by atoms with Crippen molar-refractivity contribution in [1.82, 2.24) is 5.32 Å².